The molecule has 0 saturated carbocycles. The van der Waals surface area contributed by atoms with Gasteiger partial charge in [0.15, 0.2) is 0 Å². The van der Waals surface area contributed by atoms with E-state index >= 15 is 0 Å². The highest BCUT2D eigenvalue weighted by molar-refractivity contribution is 5.89. The van der Waals surface area contributed by atoms with Gasteiger partial charge in [-0.2, -0.15) is 0 Å². The topological polar surface area (TPSA) is 41.1 Å². The van der Waals surface area contributed by atoms with E-state index < -0.39 is 23.4 Å². The average molecular weight is 304 g/mol. The quantitative estimate of drug-likeness (QED) is 0.857. The van der Waals surface area contributed by atoms with Crippen molar-refractivity contribution < 1.29 is 13.6 Å². The van der Waals surface area contributed by atoms with Gasteiger partial charge >= 0.3 is 6.03 Å². The minimum Gasteiger partial charge on any atom is -0.335 e. The molecule has 0 radical (unpaired) electrons. The second-order valence-corrected chi connectivity index (χ2v) is 5.12. The summed E-state index contributed by atoms with van der Waals surface area (Å²) in [6.45, 7) is 1.85. The standard InChI is InChI=1S/C17H18F2N2O/c1-12(10-11-13-6-3-2-4-7-13)20-17(22)21-16-14(18)8-5-9-15(16)19/h2-9,12H,10-11H2,1H3,(H2,20,21,22). The van der Waals surface area contributed by atoms with Crippen LogP contribution in [0.5, 0.6) is 0 Å². The highest BCUT2D eigenvalue weighted by Gasteiger charge is 2.13. The van der Waals surface area contributed by atoms with Crippen molar-refractivity contribution in [1.29, 1.82) is 0 Å². The van der Waals surface area contributed by atoms with E-state index in [-0.39, 0.29) is 6.04 Å². The summed E-state index contributed by atoms with van der Waals surface area (Å²) in [7, 11) is 0. The number of halogens is 2. The van der Waals surface area contributed by atoms with E-state index in [0.29, 0.717) is 0 Å². The highest BCUT2D eigenvalue weighted by Crippen LogP contribution is 2.17. The first-order valence-corrected chi connectivity index (χ1v) is 7.11. The van der Waals surface area contributed by atoms with E-state index in [2.05, 4.69) is 10.6 Å². The first kappa shape index (κ1) is 15.9. The fraction of sp³-hybridized carbons (Fsp3) is 0.235. The molecule has 0 spiro atoms. The number of hydrogen-bond donors (Lipinski definition) is 2. The Bertz CT molecular complexity index is 612. The minimum absolute atomic E-state index is 0.116. The molecule has 2 amide bonds. The maximum absolute atomic E-state index is 13.4. The van der Waals surface area contributed by atoms with Crippen molar-refractivity contribution in [3.63, 3.8) is 0 Å². The number of amides is 2. The zero-order chi connectivity index (χ0) is 15.9. The molecule has 2 aromatic rings. The van der Waals surface area contributed by atoms with Crippen LogP contribution >= 0.6 is 0 Å². The van der Waals surface area contributed by atoms with Gasteiger partial charge in [0.1, 0.15) is 17.3 Å². The molecule has 22 heavy (non-hydrogen) atoms. The van der Waals surface area contributed by atoms with Gasteiger partial charge in [-0.3, -0.25) is 0 Å². The molecule has 2 aromatic carbocycles. The Kier molecular flexibility index (Phi) is 5.47. The smallest absolute Gasteiger partial charge is 0.319 e. The van der Waals surface area contributed by atoms with Crippen LogP contribution in [0.3, 0.4) is 0 Å². The van der Waals surface area contributed by atoms with Crippen LogP contribution in [0.4, 0.5) is 19.3 Å². The predicted molar refractivity (Wildman–Crippen MR) is 82.7 cm³/mol. The number of rotatable bonds is 5. The number of nitrogens with one attached hydrogen (secondary N) is 2. The molecule has 1 atom stereocenters. The molecule has 116 valence electrons. The number of hydrogen-bond acceptors (Lipinski definition) is 1. The van der Waals surface area contributed by atoms with Gasteiger partial charge in [-0.25, -0.2) is 13.6 Å². The molecule has 0 aliphatic rings. The molecule has 0 aliphatic carbocycles. The second kappa shape index (κ2) is 7.54. The van der Waals surface area contributed by atoms with Gasteiger partial charge in [-0.05, 0) is 37.5 Å². The fourth-order valence-corrected chi connectivity index (χ4v) is 2.09. The number of para-hydroxylation sites is 1. The molecule has 0 saturated heterocycles. The summed E-state index contributed by atoms with van der Waals surface area (Å²) in [6, 6.07) is 12.6. The molecular weight excluding hydrogens is 286 g/mol. The summed E-state index contributed by atoms with van der Waals surface area (Å²) in [5.41, 5.74) is 0.743. The largest absolute Gasteiger partial charge is 0.335 e. The Morgan fingerprint density at radius 3 is 2.32 bits per heavy atom. The van der Waals surface area contributed by atoms with Gasteiger partial charge in [0.05, 0.1) is 0 Å². The van der Waals surface area contributed by atoms with Gasteiger partial charge in [0, 0.05) is 6.04 Å². The van der Waals surface area contributed by atoms with E-state index in [9.17, 15) is 13.6 Å². The first-order valence-electron chi connectivity index (χ1n) is 7.11. The van der Waals surface area contributed by atoms with Crippen molar-refractivity contribution in [1.82, 2.24) is 5.32 Å². The molecular formula is C17H18F2N2O. The maximum Gasteiger partial charge on any atom is 0.319 e. The number of carbonyl (C=O) groups is 1. The van der Waals surface area contributed by atoms with Crippen LogP contribution in [-0.2, 0) is 6.42 Å². The van der Waals surface area contributed by atoms with E-state index in [1.165, 1.54) is 11.6 Å². The van der Waals surface area contributed by atoms with E-state index in [1.807, 2.05) is 37.3 Å². The Morgan fingerprint density at radius 1 is 1.05 bits per heavy atom. The van der Waals surface area contributed by atoms with E-state index in [0.717, 1.165) is 25.0 Å². The molecule has 0 aliphatic heterocycles. The molecule has 3 nitrogen and oxygen atoms in total. The van der Waals surface area contributed by atoms with Crippen LogP contribution in [-0.4, -0.2) is 12.1 Å². The molecule has 0 bridgehead atoms. The lowest BCUT2D eigenvalue weighted by atomic mass is 10.1. The van der Waals surface area contributed by atoms with Crippen molar-refractivity contribution in [2.75, 3.05) is 5.32 Å². The first-order chi connectivity index (χ1) is 10.6. The zero-order valence-corrected chi connectivity index (χ0v) is 12.3. The summed E-state index contributed by atoms with van der Waals surface area (Å²) in [4.78, 5) is 11.8. The summed E-state index contributed by atoms with van der Waals surface area (Å²) in [6.07, 6.45) is 1.55. The van der Waals surface area contributed by atoms with Gasteiger partial charge < -0.3 is 10.6 Å². The van der Waals surface area contributed by atoms with E-state index in [1.54, 1.807) is 0 Å². The maximum atomic E-state index is 13.4. The van der Waals surface area contributed by atoms with Crippen molar-refractivity contribution in [2.24, 2.45) is 0 Å². The lowest BCUT2D eigenvalue weighted by molar-refractivity contribution is 0.248. The molecule has 5 heteroatoms. The molecule has 0 fully saturated rings. The SMILES string of the molecule is CC(CCc1ccccc1)NC(=O)Nc1c(F)cccc1F. The lowest BCUT2D eigenvalue weighted by Gasteiger charge is -2.15. The normalized spacial score (nSPS) is 11.8. The van der Waals surface area contributed by atoms with Crippen LogP contribution in [0, 0.1) is 11.6 Å². The summed E-state index contributed by atoms with van der Waals surface area (Å²) >= 11 is 0. The van der Waals surface area contributed by atoms with Crippen LogP contribution in [0.2, 0.25) is 0 Å². The molecule has 1 unspecified atom stereocenters. The Balaban J connectivity index is 1.84. The van der Waals surface area contributed by atoms with Crippen LogP contribution in [0.25, 0.3) is 0 Å². The fourth-order valence-electron chi connectivity index (χ4n) is 2.09. The summed E-state index contributed by atoms with van der Waals surface area (Å²) in [5, 5.41) is 4.88. The zero-order valence-electron chi connectivity index (χ0n) is 12.3. The number of benzene rings is 2. The average Bonchev–Trinajstić information content (AvgIpc) is 2.50. The number of aryl methyl sites for hydroxylation is 1. The van der Waals surface area contributed by atoms with Crippen LogP contribution in [0.15, 0.2) is 48.5 Å². The number of urea groups is 1. The summed E-state index contributed by atoms with van der Waals surface area (Å²) in [5.74, 6) is -1.60. The number of anilines is 1. The molecule has 0 aromatic heterocycles. The third kappa shape index (κ3) is 4.55. The van der Waals surface area contributed by atoms with E-state index in [4.69, 9.17) is 0 Å². The van der Waals surface area contributed by atoms with Crippen molar-refractivity contribution >= 4 is 11.7 Å². The summed E-state index contributed by atoms with van der Waals surface area (Å²) < 4.78 is 26.9. The van der Waals surface area contributed by atoms with Gasteiger partial charge in [-0.1, -0.05) is 36.4 Å². The Hall–Kier alpha value is -2.43. The highest BCUT2D eigenvalue weighted by atomic mass is 19.1. The molecule has 2 N–H and O–H groups in total. The van der Waals surface area contributed by atoms with Crippen molar-refractivity contribution in [2.45, 2.75) is 25.8 Å². The van der Waals surface area contributed by atoms with Gasteiger partial charge in [0.2, 0.25) is 0 Å². The third-order valence-electron chi connectivity index (χ3n) is 3.29. The third-order valence-corrected chi connectivity index (χ3v) is 3.29. The monoisotopic (exact) mass is 304 g/mol. The van der Waals surface area contributed by atoms with Gasteiger partial charge in [0.25, 0.3) is 0 Å². The second-order valence-electron chi connectivity index (χ2n) is 5.12. The van der Waals surface area contributed by atoms with Crippen molar-refractivity contribution in [3.05, 3.63) is 65.7 Å². The van der Waals surface area contributed by atoms with Crippen LogP contribution in [0.1, 0.15) is 18.9 Å². The number of carbonyl (C=O) groups excluding carboxylic acids is 1. The predicted octanol–water partition coefficient (Wildman–Crippen LogP) is 4.11. The Morgan fingerprint density at radius 2 is 1.68 bits per heavy atom. The van der Waals surface area contributed by atoms with Crippen LogP contribution < -0.4 is 10.6 Å². The lowest BCUT2D eigenvalue weighted by Crippen LogP contribution is -2.36. The van der Waals surface area contributed by atoms with Crippen molar-refractivity contribution in [3.8, 4) is 0 Å². The molecule has 0 heterocycles. The molecule has 2 rings (SSSR count). The van der Waals surface area contributed by atoms with Gasteiger partial charge in [-0.15, -0.1) is 0 Å². The Labute approximate surface area is 128 Å². The minimum atomic E-state index is -0.799.